The van der Waals surface area contributed by atoms with E-state index >= 15 is 0 Å². The van der Waals surface area contributed by atoms with Crippen LogP contribution in [0.5, 0.6) is 0 Å². The molecule has 24 heavy (non-hydrogen) atoms. The summed E-state index contributed by atoms with van der Waals surface area (Å²) in [4.78, 5) is 23.4. The van der Waals surface area contributed by atoms with Gasteiger partial charge in [0, 0.05) is 12.5 Å². The van der Waals surface area contributed by atoms with Crippen LogP contribution in [0.2, 0.25) is 0 Å². The van der Waals surface area contributed by atoms with Crippen molar-refractivity contribution in [3.63, 3.8) is 0 Å². The van der Waals surface area contributed by atoms with Gasteiger partial charge >= 0.3 is 11.9 Å². The Morgan fingerprint density at radius 2 is 1.62 bits per heavy atom. The highest BCUT2D eigenvalue weighted by molar-refractivity contribution is 6.04. The van der Waals surface area contributed by atoms with E-state index in [1.54, 1.807) is 0 Å². The van der Waals surface area contributed by atoms with E-state index in [1.165, 1.54) is 0 Å². The zero-order valence-corrected chi connectivity index (χ0v) is 12.8. The van der Waals surface area contributed by atoms with Gasteiger partial charge in [-0.2, -0.15) is 0 Å². The molecular weight excluding hydrogens is 308 g/mol. The highest BCUT2D eigenvalue weighted by Crippen LogP contribution is 2.44. The standard InChI is InChI=1S/C18H18N2O4/c19-10-18(20,16(21)22)17(23)24-9-15-13-7-3-1-5-11(13)12-6-2-4-8-14(12)15/h1-8,15H,9-10,19-20H2,(H,21,22)/i9D. The summed E-state index contributed by atoms with van der Waals surface area (Å²) in [6.07, 6.45) is 0. The maximum absolute atomic E-state index is 12.2. The first-order valence-corrected chi connectivity index (χ1v) is 7.44. The first kappa shape index (κ1) is 14.9. The number of rotatable bonds is 5. The number of carboxylic acids is 1. The van der Waals surface area contributed by atoms with Crippen molar-refractivity contribution in [3.8, 4) is 11.1 Å². The lowest BCUT2D eigenvalue weighted by atomic mass is 9.97. The van der Waals surface area contributed by atoms with Crippen molar-refractivity contribution in [2.24, 2.45) is 11.5 Å². The van der Waals surface area contributed by atoms with E-state index in [0.717, 1.165) is 22.3 Å². The van der Waals surface area contributed by atoms with E-state index in [4.69, 9.17) is 22.7 Å². The van der Waals surface area contributed by atoms with Gasteiger partial charge in [-0.1, -0.05) is 48.5 Å². The zero-order valence-electron chi connectivity index (χ0n) is 13.8. The molecule has 1 aliphatic rings. The number of ether oxygens (including phenoxy) is 1. The SMILES string of the molecule is [2H]C(OC(=O)C(N)(CN)C(=O)O)C1c2ccccc2-c2ccccc21. The molecule has 2 unspecified atom stereocenters. The van der Waals surface area contributed by atoms with Gasteiger partial charge in [-0.05, 0) is 22.3 Å². The van der Waals surface area contributed by atoms with Gasteiger partial charge in [0.15, 0.2) is 0 Å². The van der Waals surface area contributed by atoms with Gasteiger partial charge in [0.25, 0.3) is 0 Å². The van der Waals surface area contributed by atoms with Crippen LogP contribution in [0.25, 0.3) is 11.1 Å². The number of carbonyl (C=O) groups excluding carboxylic acids is 1. The lowest BCUT2D eigenvalue weighted by Crippen LogP contribution is -2.60. The first-order valence-electron chi connectivity index (χ1n) is 8.01. The summed E-state index contributed by atoms with van der Waals surface area (Å²) in [6.45, 7) is -1.96. The second kappa shape index (κ2) is 6.07. The topological polar surface area (TPSA) is 116 Å². The minimum absolute atomic E-state index is 0.521. The van der Waals surface area contributed by atoms with Crippen molar-refractivity contribution in [2.75, 3.05) is 13.1 Å². The molecule has 0 fully saturated rings. The van der Waals surface area contributed by atoms with E-state index in [2.05, 4.69) is 0 Å². The molecule has 6 nitrogen and oxygen atoms in total. The summed E-state index contributed by atoms with van der Waals surface area (Å²) in [6, 6.07) is 15.1. The Labute approximate surface area is 140 Å². The monoisotopic (exact) mass is 327 g/mol. The number of aliphatic carboxylic acids is 1. The minimum Gasteiger partial charge on any atom is -0.479 e. The summed E-state index contributed by atoms with van der Waals surface area (Å²) in [5.41, 5.74) is 12.1. The fourth-order valence-electron chi connectivity index (χ4n) is 2.83. The van der Waals surface area contributed by atoms with Gasteiger partial charge in [0.2, 0.25) is 5.54 Å². The number of carbonyl (C=O) groups is 2. The average molecular weight is 327 g/mol. The molecule has 2 aromatic rings. The Morgan fingerprint density at radius 3 is 2.08 bits per heavy atom. The molecule has 3 rings (SSSR count). The highest BCUT2D eigenvalue weighted by Gasteiger charge is 2.43. The lowest BCUT2D eigenvalue weighted by molar-refractivity contribution is -0.160. The maximum Gasteiger partial charge on any atom is 0.339 e. The van der Waals surface area contributed by atoms with Gasteiger partial charge in [0.05, 0.1) is 1.37 Å². The van der Waals surface area contributed by atoms with Crippen molar-refractivity contribution in [3.05, 3.63) is 59.7 Å². The Balaban J connectivity index is 1.94. The molecule has 2 aromatic carbocycles. The summed E-state index contributed by atoms with van der Waals surface area (Å²) in [5, 5.41) is 9.13. The summed E-state index contributed by atoms with van der Waals surface area (Å²) < 4.78 is 13.4. The van der Waals surface area contributed by atoms with Crippen LogP contribution in [-0.4, -0.2) is 35.7 Å². The lowest BCUT2D eigenvalue weighted by Gasteiger charge is -2.22. The molecule has 0 aromatic heterocycles. The number of hydrogen-bond donors (Lipinski definition) is 3. The van der Waals surface area contributed by atoms with Gasteiger partial charge in [0.1, 0.15) is 6.58 Å². The fraction of sp³-hybridized carbons (Fsp3) is 0.222. The van der Waals surface area contributed by atoms with Crippen LogP contribution >= 0.6 is 0 Å². The van der Waals surface area contributed by atoms with E-state index in [9.17, 15) is 9.59 Å². The Bertz CT molecular complexity index is 796. The number of carboxylic acid groups (broad SMARTS) is 1. The van der Waals surface area contributed by atoms with Crippen molar-refractivity contribution in [1.29, 1.82) is 0 Å². The summed E-state index contributed by atoms with van der Waals surface area (Å²) >= 11 is 0. The van der Waals surface area contributed by atoms with Crippen LogP contribution < -0.4 is 11.5 Å². The Morgan fingerprint density at radius 1 is 1.12 bits per heavy atom. The minimum atomic E-state index is -2.36. The second-order valence-corrected chi connectivity index (χ2v) is 5.67. The largest absolute Gasteiger partial charge is 0.479 e. The van der Waals surface area contributed by atoms with Gasteiger partial charge in [-0.3, -0.25) is 0 Å². The molecule has 0 bridgehead atoms. The van der Waals surface area contributed by atoms with Crippen molar-refractivity contribution >= 4 is 11.9 Å². The molecule has 0 heterocycles. The molecule has 0 spiro atoms. The molecule has 6 heteroatoms. The molecule has 0 radical (unpaired) electrons. The molecule has 2 atom stereocenters. The van der Waals surface area contributed by atoms with Crippen LogP contribution in [0.15, 0.2) is 48.5 Å². The summed E-state index contributed by atoms with van der Waals surface area (Å²) in [5.74, 6) is -3.32. The quantitative estimate of drug-likeness (QED) is 0.559. The normalized spacial score (nSPS) is 17.2. The van der Waals surface area contributed by atoms with Gasteiger partial charge in [-0.25, -0.2) is 9.59 Å². The van der Waals surface area contributed by atoms with E-state index in [1.807, 2.05) is 48.5 Å². The molecule has 5 N–H and O–H groups in total. The predicted octanol–water partition coefficient (Wildman–Crippen LogP) is 1.08. The van der Waals surface area contributed by atoms with Crippen LogP contribution in [0.1, 0.15) is 18.4 Å². The van der Waals surface area contributed by atoms with Crippen LogP contribution in [0.3, 0.4) is 0 Å². The van der Waals surface area contributed by atoms with Gasteiger partial charge in [-0.15, -0.1) is 0 Å². The third kappa shape index (κ3) is 2.46. The van der Waals surface area contributed by atoms with Crippen LogP contribution in [0, 0.1) is 0 Å². The molecular formula is C18H18N2O4. The number of hydrogen-bond acceptors (Lipinski definition) is 5. The van der Waals surface area contributed by atoms with E-state index in [0.29, 0.717) is 0 Å². The third-order valence-electron chi connectivity index (χ3n) is 4.26. The number of fused-ring (bicyclic) bond motifs is 3. The number of esters is 1. The number of nitrogens with two attached hydrogens (primary N) is 2. The van der Waals surface area contributed by atoms with E-state index < -0.39 is 36.5 Å². The third-order valence-corrected chi connectivity index (χ3v) is 4.26. The molecule has 0 aliphatic heterocycles. The van der Waals surface area contributed by atoms with Crippen LogP contribution in [0.4, 0.5) is 0 Å². The smallest absolute Gasteiger partial charge is 0.339 e. The summed E-state index contributed by atoms with van der Waals surface area (Å²) in [7, 11) is 0. The molecule has 0 saturated carbocycles. The molecule has 1 aliphatic carbocycles. The Hall–Kier alpha value is -2.70. The van der Waals surface area contributed by atoms with Crippen LogP contribution in [-0.2, 0) is 14.3 Å². The average Bonchev–Trinajstić information content (AvgIpc) is 2.95. The number of benzene rings is 2. The van der Waals surface area contributed by atoms with Gasteiger partial charge < -0.3 is 21.3 Å². The zero-order chi connectivity index (χ0) is 18.2. The highest BCUT2D eigenvalue weighted by atomic mass is 16.5. The molecule has 124 valence electrons. The maximum atomic E-state index is 12.2. The first-order chi connectivity index (χ1) is 11.9. The van der Waals surface area contributed by atoms with Crippen molar-refractivity contribution < 1.29 is 20.8 Å². The van der Waals surface area contributed by atoms with E-state index in [-0.39, 0.29) is 0 Å². The van der Waals surface area contributed by atoms with Crippen molar-refractivity contribution in [1.82, 2.24) is 0 Å². The Kier molecular flexibility index (Phi) is 3.76. The molecule has 0 amide bonds. The second-order valence-electron chi connectivity index (χ2n) is 5.67. The fourth-order valence-corrected chi connectivity index (χ4v) is 2.83. The predicted molar refractivity (Wildman–Crippen MR) is 88.3 cm³/mol. The molecule has 0 saturated heterocycles. The van der Waals surface area contributed by atoms with Crippen molar-refractivity contribution in [2.45, 2.75) is 11.5 Å².